The van der Waals surface area contributed by atoms with E-state index in [2.05, 4.69) is 18.7 Å². The van der Waals surface area contributed by atoms with Gasteiger partial charge in [0.25, 0.3) is 5.91 Å². The van der Waals surface area contributed by atoms with Crippen LogP contribution in [0.2, 0.25) is 0 Å². The third-order valence-corrected chi connectivity index (χ3v) is 5.33. The van der Waals surface area contributed by atoms with E-state index in [0.29, 0.717) is 30.8 Å². The number of rotatable bonds is 2. The highest BCUT2D eigenvalue weighted by Gasteiger charge is 2.33. The Labute approximate surface area is 144 Å². The van der Waals surface area contributed by atoms with Gasteiger partial charge in [-0.3, -0.25) is 9.59 Å². The van der Waals surface area contributed by atoms with Gasteiger partial charge in [-0.05, 0) is 43.2 Å². The summed E-state index contributed by atoms with van der Waals surface area (Å²) in [5.41, 5.74) is 0.737. The molecule has 0 aliphatic carbocycles. The molecule has 2 atom stereocenters. The van der Waals surface area contributed by atoms with Crippen LogP contribution >= 0.6 is 0 Å². The van der Waals surface area contributed by atoms with Crippen LogP contribution in [-0.4, -0.2) is 47.8 Å². The first-order valence-corrected chi connectivity index (χ1v) is 9.17. The van der Waals surface area contributed by atoms with Crippen molar-refractivity contribution in [3.63, 3.8) is 0 Å². The number of amides is 2. The predicted octanol–water partition coefficient (Wildman–Crippen LogP) is 3.04. The Bertz CT molecular complexity index is 569. The number of nitrogens with zero attached hydrogens (tertiary/aromatic N) is 2. The lowest BCUT2D eigenvalue weighted by atomic mass is 9.89. The first-order valence-electron chi connectivity index (χ1n) is 9.17. The first-order chi connectivity index (χ1) is 11.5. The Balaban J connectivity index is 1.55. The van der Waals surface area contributed by atoms with Crippen molar-refractivity contribution in [2.75, 3.05) is 26.2 Å². The second-order valence-electron chi connectivity index (χ2n) is 7.62. The molecule has 4 nitrogen and oxygen atoms in total. The Hall–Kier alpha value is -1.84. The van der Waals surface area contributed by atoms with Crippen LogP contribution in [-0.2, 0) is 4.79 Å². The number of benzene rings is 1. The summed E-state index contributed by atoms with van der Waals surface area (Å²) in [6.07, 6.45) is 2.79. The Morgan fingerprint density at radius 1 is 0.917 bits per heavy atom. The zero-order valence-corrected chi connectivity index (χ0v) is 14.8. The van der Waals surface area contributed by atoms with Crippen LogP contribution in [0.3, 0.4) is 0 Å². The maximum absolute atomic E-state index is 12.8. The van der Waals surface area contributed by atoms with Crippen molar-refractivity contribution in [1.82, 2.24) is 9.80 Å². The Morgan fingerprint density at radius 2 is 1.50 bits per heavy atom. The maximum Gasteiger partial charge on any atom is 0.253 e. The van der Waals surface area contributed by atoms with E-state index in [9.17, 15) is 9.59 Å². The summed E-state index contributed by atoms with van der Waals surface area (Å²) < 4.78 is 0. The minimum atomic E-state index is 0.0849. The molecule has 1 aromatic rings. The van der Waals surface area contributed by atoms with Crippen LogP contribution < -0.4 is 0 Å². The van der Waals surface area contributed by atoms with E-state index in [1.54, 1.807) is 0 Å². The van der Waals surface area contributed by atoms with Crippen LogP contribution in [0.4, 0.5) is 0 Å². The first kappa shape index (κ1) is 17.0. The molecule has 4 heteroatoms. The number of piperidine rings is 2. The zero-order valence-electron chi connectivity index (χ0n) is 14.8. The highest BCUT2D eigenvalue weighted by atomic mass is 16.2. The van der Waals surface area contributed by atoms with Crippen molar-refractivity contribution < 1.29 is 9.59 Å². The second-order valence-corrected chi connectivity index (χ2v) is 7.62. The third kappa shape index (κ3) is 3.80. The minimum Gasteiger partial charge on any atom is -0.342 e. The minimum absolute atomic E-state index is 0.0849. The lowest BCUT2D eigenvalue weighted by molar-refractivity contribution is -0.139. The lowest BCUT2D eigenvalue weighted by Crippen LogP contribution is -2.48. The molecule has 0 spiro atoms. The third-order valence-electron chi connectivity index (χ3n) is 5.33. The summed E-state index contributed by atoms with van der Waals surface area (Å²) in [5, 5.41) is 0. The molecular weight excluding hydrogens is 300 g/mol. The molecule has 0 N–H and O–H groups in total. The molecular formula is C20H28N2O2. The number of likely N-dealkylation sites (tertiary alicyclic amines) is 2. The average molecular weight is 328 g/mol. The number of carbonyl (C=O) groups is 2. The predicted molar refractivity (Wildman–Crippen MR) is 94.6 cm³/mol. The van der Waals surface area contributed by atoms with Crippen LogP contribution in [0.15, 0.2) is 30.3 Å². The Kier molecular flexibility index (Phi) is 5.22. The van der Waals surface area contributed by atoms with E-state index in [0.717, 1.165) is 31.5 Å². The summed E-state index contributed by atoms with van der Waals surface area (Å²) in [5.74, 6) is 1.67. The van der Waals surface area contributed by atoms with Crippen LogP contribution in [0.1, 0.15) is 43.5 Å². The molecule has 24 heavy (non-hydrogen) atoms. The normalized spacial score (nSPS) is 25.6. The van der Waals surface area contributed by atoms with Crippen molar-refractivity contribution in [3.8, 4) is 0 Å². The zero-order chi connectivity index (χ0) is 17.1. The number of hydrogen-bond donors (Lipinski definition) is 0. The molecule has 0 radical (unpaired) electrons. The lowest BCUT2D eigenvalue weighted by Gasteiger charge is -2.39. The molecule has 0 unspecified atom stereocenters. The van der Waals surface area contributed by atoms with Crippen molar-refractivity contribution in [1.29, 1.82) is 0 Å². The largest absolute Gasteiger partial charge is 0.342 e. The van der Waals surface area contributed by atoms with E-state index < -0.39 is 0 Å². The van der Waals surface area contributed by atoms with Gasteiger partial charge in [0.05, 0.1) is 0 Å². The van der Waals surface area contributed by atoms with Gasteiger partial charge in [0.15, 0.2) is 0 Å². The smallest absolute Gasteiger partial charge is 0.253 e. The van der Waals surface area contributed by atoms with Gasteiger partial charge in [0, 0.05) is 37.7 Å². The number of hydrogen-bond acceptors (Lipinski definition) is 2. The van der Waals surface area contributed by atoms with E-state index in [-0.39, 0.29) is 11.8 Å². The molecule has 2 fully saturated rings. The topological polar surface area (TPSA) is 40.6 Å². The quantitative estimate of drug-likeness (QED) is 0.837. The number of carbonyl (C=O) groups excluding carboxylic acids is 2. The van der Waals surface area contributed by atoms with Crippen molar-refractivity contribution in [2.45, 2.75) is 33.1 Å². The highest BCUT2D eigenvalue weighted by molar-refractivity contribution is 5.94. The Morgan fingerprint density at radius 3 is 2.08 bits per heavy atom. The van der Waals surface area contributed by atoms with Gasteiger partial charge in [-0.25, -0.2) is 0 Å². The van der Waals surface area contributed by atoms with Crippen LogP contribution in [0, 0.1) is 17.8 Å². The molecule has 1 aromatic carbocycles. The molecule has 2 aliphatic rings. The van der Waals surface area contributed by atoms with Crippen molar-refractivity contribution in [3.05, 3.63) is 35.9 Å². The van der Waals surface area contributed by atoms with Gasteiger partial charge in [0.1, 0.15) is 0 Å². The summed E-state index contributed by atoms with van der Waals surface area (Å²) in [6.45, 7) is 7.62. The fraction of sp³-hybridized carbons (Fsp3) is 0.600. The molecule has 2 amide bonds. The van der Waals surface area contributed by atoms with Crippen molar-refractivity contribution >= 4 is 11.8 Å². The fourth-order valence-corrected chi connectivity index (χ4v) is 4.19. The SMILES string of the molecule is C[C@H]1C[C@H](C)CN(C(=O)C2CCN(C(=O)c3ccccc3)CC2)C1. The molecule has 2 saturated heterocycles. The maximum atomic E-state index is 12.8. The molecule has 0 aromatic heterocycles. The summed E-state index contributed by atoms with van der Waals surface area (Å²) >= 11 is 0. The van der Waals surface area contributed by atoms with Crippen LogP contribution in [0.25, 0.3) is 0 Å². The van der Waals surface area contributed by atoms with Gasteiger partial charge in [-0.15, -0.1) is 0 Å². The van der Waals surface area contributed by atoms with Gasteiger partial charge >= 0.3 is 0 Å². The molecule has 2 heterocycles. The molecule has 2 aliphatic heterocycles. The molecule has 3 rings (SSSR count). The van der Waals surface area contributed by atoms with E-state index >= 15 is 0 Å². The van der Waals surface area contributed by atoms with Crippen molar-refractivity contribution in [2.24, 2.45) is 17.8 Å². The van der Waals surface area contributed by atoms with E-state index in [4.69, 9.17) is 0 Å². The standard InChI is InChI=1S/C20H28N2O2/c1-15-12-16(2)14-22(13-15)20(24)18-8-10-21(11-9-18)19(23)17-6-4-3-5-7-17/h3-7,15-16,18H,8-14H2,1-2H3/t15-,16-/m0/s1. The van der Waals surface area contributed by atoms with Gasteiger partial charge in [-0.2, -0.15) is 0 Å². The van der Waals surface area contributed by atoms with Crippen LogP contribution in [0.5, 0.6) is 0 Å². The fourth-order valence-electron chi connectivity index (χ4n) is 4.19. The van der Waals surface area contributed by atoms with Gasteiger partial charge in [0.2, 0.25) is 5.91 Å². The van der Waals surface area contributed by atoms with Gasteiger partial charge in [-0.1, -0.05) is 32.0 Å². The monoisotopic (exact) mass is 328 g/mol. The van der Waals surface area contributed by atoms with E-state index in [1.807, 2.05) is 35.2 Å². The average Bonchev–Trinajstić information content (AvgIpc) is 2.60. The van der Waals surface area contributed by atoms with E-state index in [1.165, 1.54) is 6.42 Å². The molecule has 0 saturated carbocycles. The van der Waals surface area contributed by atoms with Gasteiger partial charge < -0.3 is 9.80 Å². The molecule has 0 bridgehead atoms. The second kappa shape index (κ2) is 7.37. The molecule has 130 valence electrons. The highest BCUT2D eigenvalue weighted by Crippen LogP contribution is 2.26. The summed E-state index contributed by atoms with van der Waals surface area (Å²) in [7, 11) is 0. The summed E-state index contributed by atoms with van der Waals surface area (Å²) in [4.78, 5) is 29.3. The summed E-state index contributed by atoms with van der Waals surface area (Å²) in [6, 6.07) is 9.42.